The minimum atomic E-state index is -4.71. The van der Waals surface area contributed by atoms with Gasteiger partial charge in [-0.25, -0.2) is 0 Å². The van der Waals surface area contributed by atoms with Crippen LogP contribution in [0.5, 0.6) is 0 Å². The molecule has 0 unspecified atom stereocenters. The Morgan fingerprint density at radius 3 is 2.63 bits per heavy atom. The third-order valence-electron chi connectivity index (χ3n) is 3.87. The molecule has 1 amide bonds. The van der Waals surface area contributed by atoms with Gasteiger partial charge in [-0.05, 0) is 42.0 Å². The first kappa shape index (κ1) is 18.5. The first-order valence-corrected chi connectivity index (χ1v) is 8.01. The molecule has 0 aliphatic carbocycles. The molecule has 3 aromatic rings. The summed E-state index contributed by atoms with van der Waals surface area (Å²) in [6.45, 7) is 0.130. The molecular formula is C19H15F3N2O3. The molecule has 0 aliphatic heterocycles. The van der Waals surface area contributed by atoms with Crippen LogP contribution in [0, 0.1) is 0 Å². The van der Waals surface area contributed by atoms with Crippen molar-refractivity contribution in [1.82, 2.24) is 9.88 Å². The number of alkyl halides is 3. The smallest absolute Gasteiger partial charge is 0.421 e. The van der Waals surface area contributed by atoms with Gasteiger partial charge in [-0.3, -0.25) is 9.59 Å². The van der Waals surface area contributed by atoms with E-state index in [0.29, 0.717) is 16.9 Å². The number of nitrogens with one attached hydrogen (secondary N) is 1. The number of amides is 1. The third kappa shape index (κ3) is 4.46. The number of aromatic nitrogens is 1. The van der Waals surface area contributed by atoms with E-state index in [0.717, 1.165) is 10.6 Å². The quantitative estimate of drug-likeness (QED) is 0.742. The zero-order chi connectivity index (χ0) is 19.4. The highest BCUT2D eigenvalue weighted by Crippen LogP contribution is 2.26. The summed E-state index contributed by atoms with van der Waals surface area (Å²) in [6.07, 6.45) is -1.94. The van der Waals surface area contributed by atoms with Crippen LogP contribution in [-0.2, 0) is 19.3 Å². The van der Waals surface area contributed by atoms with E-state index in [1.807, 2.05) is 0 Å². The summed E-state index contributed by atoms with van der Waals surface area (Å²) in [7, 11) is 0. The maximum absolute atomic E-state index is 12.9. The van der Waals surface area contributed by atoms with Gasteiger partial charge >= 0.3 is 6.18 Å². The lowest BCUT2D eigenvalue weighted by molar-refractivity contribution is -0.138. The number of halogens is 3. The average Bonchev–Trinajstić information content (AvgIpc) is 3.14. The molecule has 1 aromatic carbocycles. The average molecular weight is 376 g/mol. The summed E-state index contributed by atoms with van der Waals surface area (Å²) >= 11 is 0. The number of carbonyl (C=O) groups is 1. The molecule has 0 aliphatic rings. The fraction of sp³-hybridized carbons (Fsp3) is 0.158. The largest absolute Gasteiger partial charge is 0.467 e. The van der Waals surface area contributed by atoms with Gasteiger partial charge in [0.25, 0.3) is 11.5 Å². The molecule has 0 saturated heterocycles. The van der Waals surface area contributed by atoms with Gasteiger partial charge < -0.3 is 14.3 Å². The van der Waals surface area contributed by atoms with Gasteiger partial charge in [0.05, 0.1) is 19.4 Å². The van der Waals surface area contributed by atoms with E-state index in [1.165, 1.54) is 24.6 Å². The summed E-state index contributed by atoms with van der Waals surface area (Å²) in [5.41, 5.74) is -1.49. The second kappa shape index (κ2) is 7.53. The van der Waals surface area contributed by atoms with Crippen LogP contribution >= 0.6 is 0 Å². The highest BCUT2D eigenvalue weighted by Gasteiger charge is 2.34. The Morgan fingerprint density at radius 2 is 1.93 bits per heavy atom. The highest BCUT2D eigenvalue weighted by atomic mass is 19.4. The Labute approximate surface area is 152 Å². The van der Waals surface area contributed by atoms with Crippen molar-refractivity contribution in [3.63, 3.8) is 0 Å². The van der Waals surface area contributed by atoms with Gasteiger partial charge in [-0.15, -0.1) is 0 Å². The first-order valence-electron chi connectivity index (χ1n) is 8.01. The third-order valence-corrected chi connectivity index (χ3v) is 3.87. The summed E-state index contributed by atoms with van der Waals surface area (Å²) in [5.74, 6) is 0.236. The summed E-state index contributed by atoms with van der Waals surface area (Å²) in [6, 6.07) is 11.7. The molecule has 140 valence electrons. The van der Waals surface area contributed by atoms with E-state index >= 15 is 0 Å². The van der Waals surface area contributed by atoms with E-state index in [2.05, 4.69) is 5.32 Å². The van der Waals surface area contributed by atoms with Gasteiger partial charge in [0.2, 0.25) is 0 Å². The van der Waals surface area contributed by atoms with Crippen molar-refractivity contribution in [1.29, 1.82) is 0 Å². The van der Waals surface area contributed by atoms with Crippen LogP contribution in [0.1, 0.15) is 27.2 Å². The molecule has 8 heteroatoms. The lowest BCUT2D eigenvalue weighted by Gasteiger charge is -2.11. The fourth-order valence-corrected chi connectivity index (χ4v) is 2.57. The van der Waals surface area contributed by atoms with Gasteiger partial charge in [0.15, 0.2) is 0 Å². The predicted molar refractivity (Wildman–Crippen MR) is 91.1 cm³/mol. The van der Waals surface area contributed by atoms with Crippen molar-refractivity contribution < 1.29 is 22.4 Å². The number of benzene rings is 1. The van der Waals surface area contributed by atoms with Gasteiger partial charge in [-0.2, -0.15) is 13.2 Å². The molecule has 5 nitrogen and oxygen atoms in total. The molecule has 0 spiro atoms. The number of rotatable bonds is 5. The summed E-state index contributed by atoms with van der Waals surface area (Å²) in [4.78, 5) is 24.3. The number of nitrogens with zero attached hydrogens (tertiary/aromatic N) is 1. The number of carbonyl (C=O) groups excluding carboxylic acids is 1. The molecular weight excluding hydrogens is 361 g/mol. The van der Waals surface area contributed by atoms with E-state index < -0.39 is 17.3 Å². The van der Waals surface area contributed by atoms with Gasteiger partial charge in [0.1, 0.15) is 11.3 Å². The van der Waals surface area contributed by atoms with E-state index in [1.54, 1.807) is 30.3 Å². The van der Waals surface area contributed by atoms with Crippen molar-refractivity contribution in [2.24, 2.45) is 0 Å². The number of hydrogen-bond acceptors (Lipinski definition) is 3. The Bertz CT molecular complexity index is 992. The van der Waals surface area contributed by atoms with E-state index in [4.69, 9.17) is 4.42 Å². The second-order valence-electron chi connectivity index (χ2n) is 5.82. The van der Waals surface area contributed by atoms with Crippen molar-refractivity contribution >= 4 is 5.91 Å². The molecule has 2 heterocycles. The molecule has 0 fully saturated rings. The molecule has 27 heavy (non-hydrogen) atoms. The van der Waals surface area contributed by atoms with E-state index in [-0.39, 0.29) is 19.0 Å². The minimum Gasteiger partial charge on any atom is -0.467 e. The fourth-order valence-electron chi connectivity index (χ4n) is 2.57. The maximum Gasteiger partial charge on any atom is 0.421 e. The summed E-state index contributed by atoms with van der Waals surface area (Å²) in [5, 5.41) is 2.68. The molecule has 0 bridgehead atoms. The standard InChI is InChI=1S/C19H15F3N2O3/c20-19(21,22)16-7-2-8-24(18(16)26)12-13-4-1-5-14(10-13)17(25)23-11-15-6-3-9-27-15/h1-10H,11-12H2,(H,23,25). The van der Waals surface area contributed by atoms with Crippen molar-refractivity contribution in [2.75, 3.05) is 0 Å². The van der Waals surface area contributed by atoms with Gasteiger partial charge in [0, 0.05) is 11.8 Å². The van der Waals surface area contributed by atoms with Crippen molar-refractivity contribution in [3.8, 4) is 0 Å². The maximum atomic E-state index is 12.9. The van der Waals surface area contributed by atoms with Crippen LogP contribution in [-0.4, -0.2) is 10.5 Å². The van der Waals surface area contributed by atoms with Gasteiger partial charge in [-0.1, -0.05) is 12.1 Å². The van der Waals surface area contributed by atoms with Crippen LogP contribution in [0.15, 0.2) is 70.2 Å². The van der Waals surface area contributed by atoms with Crippen molar-refractivity contribution in [3.05, 3.63) is 93.8 Å². The molecule has 1 N–H and O–H groups in total. The molecule has 3 rings (SSSR count). The predicted octanol–water partition coefficient (Wildman–Crippen LogP) is 3.44. The lowest BCUT2D eigenvalue weighted by atomic mass is 10.1. The number of hydrogen-bond donors (Lipinski definition) is 1. The lowest BCUT2D eigenvalue weighted by Crippen LogP contribution is -2.28. The minimum absolute atomic E-state index is 0.0813. The molecule has 0 radical (unpaired) electrons. The van der Waals surface area contributed by atoms with Crippen LogP contribution in [0.25, 0.3) is 0 Å². The Hall–Kier alpha value is -3.29. The number of pyridine rings is 1. The van der Waals surface area contributed by atoms with Crippen LogP contribution in [0.4, 0.5) is 13.2 Å². The zero-order valence-corrected chi connectivity index (χ0v) is 14.0. The first-order chi connectivity index (χ1) is 12.8. The van der Waals surface area contributed by atoms with Crippen LogP contribution in [0.2, 0.25) is 0 Å². The Kier molecular flexibility index (Phi) is 5.16. The van der Waals surface area contributed by atoms with Crippen LogP contribution < -0.4 is 10.9 Å². The SMILES string of the molecule is O=C(NCc1ccco1)c1cccc(Cn2cccc(C(F)(F)F)c2=O)c1. The molecule has 0 atom stereocenters. The Morgan fingerprint density at radius 1 is 1.11 bits per heavy atom. The summed E-state index contributed by atoms with van der Waals surface area (Å²) < 4.78 is 44.7. The van der Waals surface area contributed by atoms with Crippen LogP contribution in [0.3, 0.4) is 0 Å². The normalized spacial score (nSPS) is 11.4. The number of furan rings is 1. The molecule has 0 saturated carbocycles. The zero-order valence-electron chi connectivity index (χ0n) is 14.0. The Balaban J connectivity index is 1.76. The van der Waals surface area contributed by atoms with E-state index in [9.17, 15) is 22.8 Å². The van der Waals surface area contributed by atoms with Crippen molar-refractivity contribution in [2.45, 2.75) is 19.3 Å². The monoisotopic (exact) mass is 376 g/mol. The highest BCUT2D eigenvalue weighted by molar-refractivity contribution is 5.94. The second-order valence-corrected chi connectivity index (χ2v) is 5.82. The molecule has 2 aromatic heterocycles. The topological polar surface area (TPSA) is 64.2 Å².